The predicted octanol–water partition coefficient (Wildman–Crippen LogP) is 1.76. The minimum absolute atomic E-state index is 0. The molecule has 2 aromatic rings. The van der Waals surface area contributed by atoms with Crippen LogP contribution >= 0.6 is 12.4 Å². The lowest BCUT2D eigenvalue weighted by Gasteiger charge is -2.06. The third-order valence-electron chi connectivity index (χ3n) is 2.25. The molecule has 4 nitrogen and oxygen atoms in total. The zero-order valence-corrected chi connectivity index (χ0v) is 9.78. The molecule has 1 heterocycles. The Labute approximate surface area is 100 Å². The van der Waals surface area contributed by atoms with Crippen LogP contribution < -0.4 is 10.5 Å². The molecular weight excluding hydrogens is 226 g/mol. The van der Waals surface area contributed by atoms with Gasteiger partial charge in [0.25, 0.3) is 0 Å². The van der Waals surface area contributed by atoms with Gasteiger partial charge in [-0.3, -0.25) is 0 Å². The highest BCUT2D eigenvalue weighted by Gasteiger charge is 2.02. The third kappa shape index (κ3) is 2.35. The Bertz CT molecular complexity index is 439. The van der Waals surface area contributed by atoms with Crippen LogP contribution in [0.5, 0.6) is 5.75 Å². The lowest BCUT2D eigenvalue weighted by Crippen LogP contribution is -2.06. The Morgan fingerprint density at radius 3 is 2.50 bits per heavy atom. The summed E-state index contributed by atoms with van der Waals surface area (Å²) in [7, 11) is 1.65. The van der Waals surface area contributed by atoms with Gasteiger partial charge >= 0.3 is 0 Å². The SMILES string of the molecule is COc1ccc(-n2nccc2CN)cc1.Cl. The molecule has 0 aliphatic rings. The van der Waals surface area contributed by atoms with Crippen LogP contribution in [0.4, 0.5) is 0 Å². The Kier molecular flexibility index (Phi) is 4.34. The van der Waals surface area contributed by atoms with Gasteiger partial charge in [-0.15, -0.1) is 12.4 Å². The first-order valence-electron chi connectivity index (χ1n) is 4.72. The van der Waals surface area contributed by atoms with E-state index in [9.17, 15) is 0 Å². The van der Waals surface area contributed by atoms with E-state index < -0.39 is 0 Å². The van der Waals surface area contributed by atoms with Gasteiger partial charge in [0.05, 0.1) is 18.5 Å². The molecule has 16 heavy (non-hydrogen) atoms. The molecule has 0 aliphatic heterocycles. The molecule has 0 fully saturated rings. The van der Waals surface area contributed by atoms with E-state index in [0.717, 1.165) is 17.1 Å². The van der Waals surface area contributed by atoms with Crippen LogP contribution in [0.2, 0.25) is 0 Å². The Morgan fingerprint density at radius 2 is 1.94 bits per heavy atom. The normalized spacial score (nSPS) is 9.62. The number of nitrogens with zero attached hydrogens (tertiary/aromatic N) is 2. The molecule has 0 atom stereocenters. The predicted molar refractivity (Wildman–Crippen MR) is 65.3 cm³/mol. The van der Waals surface area contributed by atoms with E-state index in [1.165, 1.54) is 0 Å². The van der Waals surface area contributed by atoms with E-state index in [0.29, 0.717) is 6.54 Å². The van der Waals surface area contributed by atoms with E-state index in [4.69, 9.17) is 10.5 Å². The van der Waals surface area contributed by atoms with Crippen molar-refractivity contribution in [3.05, 3.63) is 42.2 Å². The molecule has 0 saturated carbocycles. The van der Waals surface area contributed by atoms with Crippen molar-refractivity contribution in [1.29, 1.82) is 0 Å². The second-order valence-electron chi connectivity index (χ2n) is 3.14. The van der Waals surface area contributed by atoms with Crippen molar-refractivity contribution in [3.63, 3.8) is 0 Å². The highest BCUT2D eigenvalue weighted by atomic mass is 35.5. The fraction of sp³-hybridized carbons (Fsp3) is 0.182. The van der Waals surface area contributed by atoms with Crippen molar-refractivity contribution in [2.45, 2.75) is 6.54 Å². The number of hydrogen-bond acceptors (Lipinski definition) is 3. The number of benzene rings is 1. The van der Waals surface area contributed by atoms with Crippen molar-refractivity contribution >= 4 is 12.4 Å². The summed E-state index contributed by atoms with van der Waals surface area (Å²) in [6, 6.07) is 9.61. The summed E-state index contributed by atoms with van der Waals surface area (Å²) in [5, 5.41) is 4.21. The van der Waals surface area contributed by atoms with Gasteiger partial charge in [0.2, 0.25) is 0 Å². The van der Waals surface area contributed by atoms with E-state index in [1.54, 1.807) is 13.3 Å². The average molecular weight is 240 g/mol. The Hall–Kier alpha value is -1.52. The molecule has 0 unspecified atom stereocenters. The molecular formula is C11H14ClN3O. The average Bonchev–Trinajstić information content (AvgIpc) is 2.77. The van der Waals surface area contributed by atoms with Gasteiger partial charge in [0.1, 0.15) is 5.75 Å². The molecule has 0 saturated heterocycles. The van der Waals surface area contributed by atoms with Crippen molar-refractivity contribution in [2.75, 3.05) is 7.11 Å². The minimum Gasteiger partial charge on any atom is -0.497 e. The van der Waals surface area contributed by atoms with E-state index in [1.807, 2.05) is 35.0 Å². The highest BCUT2D eigenvalue weighted by Crippen LogP contribution is 2.15. The van der Waals surface area contributed by atoms with Gasteiger partial charge in [-0.05, 0) is 30.3 Å². The van der Waals surface area contributed by atoms with Crippen molar-refractivity contribution in [2.24, 2.45) is 5.73 Å². The van der Waals surface area contributed by atoms with Crippen LogP contribution in [0.3, 0.4) is 0 Å². The summed E-state index contributed by atoms with van der Waals surface area (Å²) in [6.07, 6.45) is 1.74. The highest BCUT2D eigenvalue weighted by molar-refractivity contribution is 5.85. The fourth-order valence-electron chi connectivity index (χ4n) is 1.44. The lowest BCUT2D eigenvalue weighted by molar-refractivity contribution is 0.414. The number of methoxy groups -OCH3 is 1. The number of halogens is 1. The summed E-state index contributed by atoms with van der Waals surface area (Å²) >= 11 is 0. The summed E-state index contributed by atoms with van der Waals surface area (Å²) in [4.78, 5) is 0. The van der Waals surface area contributed by atoms with Crippen LogP contribution in [0, 0.1) is 0 Å². The maximum Gasteiger partial charge on any atom is 0.119 e. The summed E-state index contributed by atoms with van der Waals surface area (Å²) in [5.74, 6) is 0.834. The first-order chi connectivity index (χ1) is 7.35. The van der Waals surface area contributed by atoms with Crippen molar-refractivity contribution in [1.82, 2.24) is 9.78 Å². The maximum atomic E-state index is 5.60. The number of rotatable bonds is 3. The molecule has 2 N–H and O–H groups in total. The quantitative estimate of drug-likeness (QED) is 0.888. The molecule has 86 valence electrons. The first-order valence-corrected chi connectivity index (χ1v) is 4.72. The van der Waals surface area contributed by atoms with Gasteiger partial charge < -0.3 is 10.5 Å². The zero-order valence-electron chi connectivity index (χ0n) is 8.96. The monoisotopic (exact) mass is 239 g/mol. The maximum absolute atomic E-state index is 5.60. The Balaban J connectivity index is 0.00000128. The second-order valence-corrected chi connectivity index (χ2v) is 3.14. The van der Waals surface area contributed by atoms with Crippen LogP contribution in [0.15, 0.2) is 36.5 Å². The topological polar surface area (TPSA) is 53.1 Å². The number of ether oxygens (including phenoxy) is 1. The molecule has 0 amide bonds. The van der Waals surface area contributed by atoms with Gasteiger partial charge in [-0.1, -0.05) is 0 Å². The van der Waals surface area contributed by atoms with E-state index in [-0.39, 0.29) is 12.4 Å². The van der Waals surface area contributed by atoms with Gasteiger partial charge in [0, 0.05) is 12.7 Å². The zero-order chi connectivity index (χ0) is 10.7. The van der Waals surface area contributed by atoms with Crippen LogP contribution in [-0.2, 0) is 6.54 Å². The van der Waals surface area contributed by atoms with Gasteiger partial charge in [-0.25, -0.2) is 4.68 Å². The fourth-order valence-corrected chi connectivity index (χ4v) is 1.44. The van der Waals surface area contributed by atoms with Crippen molar-refractivity contribution < 1.29 is 4.74 Å². The molecule has 0 aliphatic carbocycles. The number of nitrogens with two attached hydrogens (primary N) is 1. The smallest absolute Gasteiger partial charge is 0.119 e. The number of hydrogen-bond donors (Lipinski definition) is 1. The number of aromatic nitrogens is 2. The van der Waals surface area contributed by atoms with E-state index >= 15 is 0 Å². The molecule has 2 rings (SSSR count). The third-order valence-corrected chi connectivity index (χ3v) is 2.25. The molecule has 1 aromatic heterocycles. The van der Waals surface area contributed by atoms with Crippen LogP contribution in [-0.4, -0.2) is 16.9 Å². The molecule has 0 radical (unpaired) electrons. The lowest BCUT2D eigenvalue weighted by atomic mass is 10.3. The first kappa shape index (κ1) is 12.5. The molecule has 0 spiro atoms. The van der Waals surface area contributed by atoms with Crippen LogP contribution in [0.1, 0.15) is 5.69 Å². The second kappa shape index (κ2) is 5.53. The summed E-state index contributed by atoms with van der Waals surface area (Å²) in [5.41, 5.74) is 7.58. The molecule has 5 heteroatoms. The summed E-state index contributed by atoms with van der Waals surface area (Å²) in [6.45, 7) is 0.478. The van der Waals surface area contributed by atoms with E-state index in [2.05, 4.69) is 5.10 Å². The minimum atomic E-state index is 0. The van der Waals surface area contributed by atoms with Crippen LogP contribution in [0.25, 0.3) is 5.69 Å². The molecule has 1 aromatic carbocycles. The largest absolute Gasteiger partial charge is 0.497 e. The van der Waals surface area contributed by atoms with Gasteiger partial charge in [0.15, 0.2) is 0 Å². The molecule has 0 bridgehead atoms. The van der Waals surface area contributed by atoms with Gasteiger partial charge in [-0.2, -0.15) is 5.10 Å². The van der Waals surface area contributed by atoms with Crippen molar-refractivity contribution in [3.8, 4) is 11.4 Å². The summed E-state index contributed by atoms with van der Waals surface area (Å²) < 4.78 is 6.91. The standard InChI is InChI=1S/C11H13N3O.ClH/c1-15-11-4-2-9(3-5-11)14-10(8-12)6-7-13-14;/h2-7H,8,12H2,1H3;1H. The Morgan fingerprint density at radius 1 is 1.25 bits per heavy atom.